The van der Waals surface area contributed by atoms with Crippen LogP contribution in [0, 0.1) is 0 Å². The van der Waals surface area contributed by atoms with Crippen molar-refractivity contribution in [3.63, 3.8) is 0 Å². The van der Waals surface area contributed by atoms with Crippen molar-refractivity contribution in [3.8, 4) is 0 Å². The molecule has 3 N–H and O–H groups in total. The Bertz CT molecular complexity index is 920. The molecule has 11 heteroatoms. The van der Waals surface area contributed by atoms with Crippen LogP contribution < -0.4 is 0 Å². The SMILES string of the molecule is CCCCCCCCCCCCCCCCCCCCCCC(=O)OC(COC(=O)CCCCCCCCCCCCCCCC)COP(=O)(O)OCC(O)CO. The van der Waals surface area contributed by atoms with Crippen LogP contribution >= 0.6 is 7.82 Å². The molecule has 0 radical (unpaired) electrons. The van der Waals surface area contributed by atoms with Crippen LogP contribution in [-0.2, 0) is 32.7 Å². The molecule has 0 aromatic carbocycles. The van der Waals surface area contributed by atoms with Gasteiger partial charge in [-0.1, -0.05) is 219 Å². The number of aliphatic hydroxyl groups excluding tert-OH is 2. The Balaban J connectivity index is 4.16. The quantitative estimate of drug-likeness (QED) is 0.0307. The Hall–Kier alpha value is -1.03. The summed E-state index contributed by atoms with van der Waals surface area (Å²) in [7, 11) is -4.61. The molecule has 0 aromatic rings. The molecule has 0 amide bonds. The molecule has 0 aliphatic rings. The van der Waals surface area contributed by atoms with Crippen LogP contribution in [0.1, 0.15) is 245 Å². The number of carbonyl (C=O) groups excluding carboxylic acids is 2. The second-order valence-electron chi connectivity index (χ2n) is 16.5. The van der Waals surface area contributed by atoms with Crippen molar-refractivity contribution in [1.82, 2.24) is 0 Å². The zero-order valence-corrected chi connectivity index (χ0v) is 38.0. The molecular weight excluding hydrogens is 743 g/mol. The molecule has 3 atom stereocenters. The van der Waals surface area contributed by atoms with Gasteiger partial charge in [0.15, 0.2) is 6.10 Å². The molecule has 340 valence electrons. The third-order valence-electron chi connectivity index (χ3n) is 10.8. The van der Waals surface area contributed by atoms with E-state index in [0.29, 0.717) is 12.8 Å². The van der Waals surface area contributed by atoms with Gasteiger partial charge in [0.1, 0.15) is 12.7 Å². The molecule has 0 heterocycles. The standard InChI is InChI=1S/C46H91O10P/c1-3-5-7-9-11-13-15-17-19-20-21-22-23-24-26-28-30-32-34-36-38-46(50)56-44(42-55-57(51,52)54-40-43(48)39-47)41-53-45(49)37-35-33-31-29-27-25-18-16-14-12-10-8-6-4-2/h43-44,47-48H,3-42H2,1-2H3,(H,51,52). The third-order valence-corrected chi connectivity index (χ3v) is 11.7. The van der Waals surface area contributed by atoms with Gasteiger partial charge in [-0.05, 0) is 12.8 Å². The summed E-state index contributed by atoms with van der Waals surface area (Å²) >= 11 is 0. The first-order valence-corrected chi connectivity index (χ1v) is 25.5. The second-order valence-corrected chi connectivity index (χ2v) is 18.0. The summed E-state index contributed by atoms with van der Waals surface area (Å²) in [6.07, 6.45) is 40.7. The van der Waals surface area contributed by atoms with Crippen molar-refractivity contribution in [2.75, 3.05) is 26.4 Å². The molecule has 0 spiro atoms. The van der Waals surface area contributed by atoms with Crippen molar-refractivity contribution in [3.05, 3.63) is 0 Å². The van der Waals surface area contributed by atoms with E-state index < -0.39 is 51.8 Å². The van der Waals surface area contributed by atoms with Crippen molar-refractivity contribution in [1.29, 1.82) is 0 Å². The second kappa shape index (κ2) is 43.1. The molecule has 0 aromatic heterocycles. The van der Waals surface area contributed by atoms with Gasteiger partial charge < -0.3 is 24.6 Å². The van der Waals surface area contributed by atoms with Crippen LogP contribution in [0.2, 0.25) is 0 Å². The first kappa shape index (κ1) is 56.0. The van der Waals surface area contributed by atoms with Gasteiger partial charge in [0.25, 0.3) is 0 Å². The fourth-order valence-electron chi connectivity index (χ4n) is 7.05. The van der Waals surface area contributed by atoms with Gasteiger partial charge in [-0.3, -0.25) is 18.6 Å². The van der Waals surface area contributed by atoms with Crippen molar-refractivity contribution >= 4 is 19.8 Å². The maximum atomic E-state index is 12.6. The highest BCUT2D eigenvalue weighted by Crippen LogP contribution is 2.43. The summed E-state index contributed by atoms with van der Waals surface area (Å²) in [6, 6.07) is 0. The first-order valence-electron chi connectivity index (χ1n) is 24.0. The minimum Gasteiger partial charge on any atom is -0.462 e. The topological polar surface area (TPSA) is 149 Å². The zero-order chi connectivity index (χ0) is 41.9. The summed E-state index contributed by atoms with van der Waals surface area (Å²) < 4.78 is 32.8. The van der Waals surface area contributed by atoms with Crippen molar-refractivity contribution in [2.24, 2.45) is 0 Å². The number of aliphatic hydroxyl groups is 2. The Morgan fingerprint density at radius 1 is 0.456 bits per heavy atom. The van der Waals surface area contributed by atoms with E-state index in [1.165, 1.54) is 173 Å². The van der Waals surface area contributed by atoms with Crippen LogP contribution in [0.15, 0.2) is 0 Å². The fraction of sp³-hybridized carbons (Fsp3) is 0.957. The number of carbonyl (C=O) groups is 2. The Labute approximate surface area is 350 Å². The van der Waals surface area contributed by atoms with E-state index in [1.54, 1.807) is 0 Å². The van der Waals surface area contributed by atoms with Gasteiger partial charge in [0, 0.05) is 12.8 Å². The van der Waals surface area contributed by atoms with Gasteiger partial charge in [0.2, 0.25) is 0 Å². The molecule has 0 saturated heterocycles. The van der Waals surface area contributed by atoms with Crippen molar-refractivity contribution in [2.45, 2.75) is 257 Å². The maximum absolute atomic E-state index is 12.6. The number of ether oxygens (including phenoxy) is 2. The molecular formula is C46H91O10P. The van der Waals surface area contributed by atoms with E-state index in [4.69, 9.17) is 23.6 Å². The summed E-state index contributed by atoms with van der Waals surface area (Å²) in [4.78, 5) is 35.1. The Morgan fingerprint density at radius 3 is 1.09 bits per heavy atom. The number of hydrogen-bond acceptors (Lipinski definition) is 9. The molecule has 0 saturated carbocycles. The van der Waals surface area contributed by atoms with Gasteiger partial charge in [-0.15, -0.1) is 0 Å². The van der Waals surface area contributed by atoms with Gasteiger partial charge in [-0.25, -0.2) is 4.57 Å². The molecule has 3 unspecified atom stereocenters. The minimum atomic E-state index is -4.61. The van der Waals surface area contributed by atoms with E-state index in [2.05, 4.69) is 13.8 Å². The Morgan fingerprint density at radius 2 is 0.754 bits per heavy atom. The number of unbranched alkanes of at least 4 members (excludes halogenated alkanes) is 32. The lowest BCUT2D eigenvalue weighted by molar-refractivity contribution is -0.161. The van der Waals surface area contributed by atoms with E-state index >= 15 is 0 Å². The highest BCUT2D eigenvalue weighted by Gasteiger charge is 2.27. The predicted octanol–water partition coefficient (Wildman–Crippen LogP) is 13.0. The first-order chi connectivity index (χ1) is 27.7. The highest BCUT2D eigenvalue weighted by molar-refractivity contribution is 7.47. The number of phosphoric acid groups is 1. The van der Waals surface area contributed by atoms with Crippen LogP contribution in [-0.4, -0.2) is 65.7 Å². The van der Waals surface area contributed by atoms with E-state index in [-0.39, 0.29) is 19.4 Å². The van der Waals surface area contributed by atoms with Gasteiger partial charge in [-0.2, -0.15) is 0 Å². The van der Waals surface area contributed by atoms with Crippen LogP contribution in [0.4, 0.5) is 0 Å². The molecule has 0 aliphatic heterocycles. The molecule has 10 nitrogen and oxygen atoms in total. The lowest BCUT2D eigenvalue weighted by Gasteiger charge is -2.20. The molecule has 0 bridgehead atoms. The minimum absolute atomic E-state index is 0.193. The maximum Gasteiger partial charge on any atom is 0.472 e. The predicted molar refractivity (Wildman–Crippen MR) is 233 cm³/mol. The summed E-state index contributed by atoms with van der Waals surface area (Å²) in [6.45, 7) is 2.44. The van der Waals surface area contributed by atoms with E-state index in [9.17, 15) is 24.2 Å². The lowest BCUT2D eigenvalue weighted by atomic mass is 10.0. The number of rotatable bonds is 46. The summed E-state index contributed by atoms with van der Waals surface area (Å²) in [5.74, 6) is -0.906. The molecule has 57 heavy (non-hydrogen) atoms. The summed E-state index contributed by atoms with van der Waals surface area (Å²) in [5.41, 5.74) is 0. The van der Waals surface area contributed by atoms with Crippen molar-refractivity contribution < 1.29 is 47.8 Å². The van der Waals surface area contributed by atoms with Gasteiger partial charge >= 0.3 is 19.8 Å². The molecule has 0 rings (SSSR count). The molecule has 0 aliphatic carbocycles. The van der Waals surface area contributed by atoms with Crippen LogP contribution in [0.3, 0.4) is 0 Å². The Kier molecular flexibility index (Phi) is 42.3. The summed E-state index contributed by atoms with van der Waals surface area (Å²) in [5, 5.41) is 18.4. The van der Waals surface area contributed by atoms with Crippen LogP contribution in [0.5, 0.6) is 0 Å². The number of esters is 2. The molecule has 0 fully saturated rings. The zero-order valence-electron chi connectivity index (χ0n) is 37.1. The third kappa shape index (κ3) is 42.9. The van der Waals surface area contributed by atoms with E-state index in [1.807, 2.05) is 0 Å². The monoisotopic (exact) mass is 835 g/mol. The van der Waals surface area contributed by atoms with E-state index in [0.717, 1.165) is 32.1 Å². The largest absolute Gasteiger partial charge is 0.472 e. The number of hydrogen-bond donors (Lipinski definition) is 3. The lowest BCUT2D eigenvalue weighted by Crippen LogP contribution is -2.29. The smallest absolute Gasteiger partial charge is 0.462 e. The van der Waals surface area contributed by atoms with Gasteiger partial charge in [0.05, 0.1) is 19.8 Å². The fourth-order valence-corrected chi connectivity index (χ4v) is 7.84. The average Bonchev–Trinajstić information content (AvgIpc) is 3.20. The highest BCUT2D eigenvalue weighted by atomic mass is 31.2. The van der Waals surface area contributed by atoms with Crippen LogP contribution in [0.25, 0.3) is 0 Å². The average molecular weight is 835 g/mol. The number of phosphoric ester groups is 1. The normalized spacial score (nSPS) is 13.7.